The van der Waals surface area contributed by atoms with Crippen LogP contribution in [0.5, 0.6) is 0 Å². The molecule has 3 aromatic rings. The van der Waals surface area contributed by atoms with E-state index in [4.69, 9.17) is 0 Å². The Morgan fingerprint density at radius 1 is 1.21 bits per heavy atom. The number of nitrogens with zero attached hydrogens (tertiary/aromatic N) is 5. The van der Waals surface area contributed by atoms with Crippen LogP contribution in [0.3, 0.4) is 0 Å². The number of fused-ring (bicyclic) bond motifs is 1. The van der Waals surface area contributed by atoms with Crippen LogP contribution < -0.4 is 5.69 Å². The Labute approximate surface area is 168 Å². The van der Waals surface area contributed by atoms with Gasteiger partial charge in [-0.3, -0.25) is 8.97 Å². The van der Waals surface area contributed by atoms with Gasteiger partial charge in [0.2, 0.25) is 0 Å². The maximum Gasteiger partial charge on any atom is 0.418 e. The zero-order chi connectivity index (χ0) is 20.8. The Hall–Kier alpha value is -2.88. The number of benzene rings is 1. The van der Waals surface area contributed by atoms with E-state index in [0.717, 1.165) is 21.5 Å². The minimum Gasteiger partial charge on any atom is -0.267 e. The molecule has 1 radical (unpaired) electrons. The van der Waals surface area contributed by atoms with Crippen LogP contribution in [0.15, 0.2) is 63.8 Å². The van der Waals surface area contributed by atoms with Crippen LogP contribution in [0.25, 0.3) is 11.2 Å². The van der Waals surface area contributed by atoms with Crippen LogP contribution in [0.4, 0.5) is 13.2 Å². The number of aromatic nitrogens is 2. The molecular weight excluding hydrogens is 403 g/mol. The molecule has 10 heteroatoms. The largest absolute Gasteiger partial charge is 0.418 e. The van der Waals surface area contributed by atoms with Crippen molar-refractivity contribution in [3.05, 3.63) is 75.9 Å². The van der Waals surface area contributed by atoms with Gasteiger partial charge in [-0.15, -0.1) is 0 Å². The Morgan fingerprint density at radius 2 is 2.00 bits per heavy atom. The SMILES string of the molecule is C[C@@H](S[C]1N=NC=[N+]1C)c1cccc(-n2cc3c(C(F)(F)F)cccn3c2=O)c1. The minimum absolute atomic E-state index is 0.00341. The van der Waals surface area contributed by atoms with Crippen molar-refractivity contribution in [2.45, 2.75) is 18.3 Å². The summed E-state index contributed by atoms with van der Waals surface area (Å²) in [6.45, 7) is 1.99. The second kappa shape index (κ2) is 7.18. The molecule has 0 N–H and O–H groups in total. The van der Waals surface area contributed by atoms with Gasteiger partial charge in [-0.2, -0.15) is 13.2 Å². The van der Waals surface area contributed by atoms with Crippen molar-refractivity contribution >= 4 is 23.6 Å². The topological polar surface area (TPSA) is 54.1 Å². The molecule has 0 unspecified atom stereocenters. The lowest BCUT2D eigenvalue weighted by Crippen LogP contribution is -2.19. The molecule has 29 heavy (non-hydrogen) atoms. The van der Waals surface area contributed by atoms with Gasteiger partial charge < -0.3 is 0 Å². The molecule has 4 rings (SSSR count). The molecule has 1 aromatic carbocycles. The number of hydrogen-bond donors (Lipinski definition) is 0. The van der Waals surface area contributed by atoms with E-state index in [1.807, 2.05) is 20.0 Å². The van der Waals surface area contributed by atoms with Crippen molar-refractivity contribution in [1.82, 2.24) is 8.97 Å². The van der Waals surface area contributed by atoms with Crippen LogP contribution in [-0.2, 0) is 6.18 Å². The van der Waals surface area contributed by atoms with Crippen LogP contribution in [0.2, 0.25) is 0 Å². The molecule has 1 aliphatic rings. The summed E-state index contributed by atoms with van der Waals surface area (Å²) in [6, 6.07) is 9.35. The quantitative estimate of drug-likeness (QED) is 0.586. The standard InChI is InChI=1S/C19H16F3N5OS/c1-12(29-17-24-23-11-25(17)2)13-5-3-6-14(9-13)27-10-16-15(19(20,21)22)7-4-8-26(16)18(27)28/h3-12H,1-2H3/q+1/t12-/m1/s1. The van der Waals surface area contributed by atoms with Crippen molar-refractivity contribution in [1.29, 1.82) is 0 Å². The maximum atomic E-state index is 13.3. The van der Waals surface area contributed by atoms with Crippen molar-refractivity contribution in [2.75, 3.05) is 7.05 Å². The first-order valence-corrected chi connectivity index (χ1v) is 9.54. The van der Waals surface area contributed by atoms with E-state index in [1.165, 1.54) is 34.8 Å². The highest BCUT2D eigenvalue weighted by atomic mass is 32.2. The Balaban J connectivity index is 1.73. The zero-order valence-corrected chi connectivity index (χ0v) is 16.3. The number of rotatable bonds is 4. The fourth-order valence-corrected chi connectivity index (χ4v) is 3.98. The summed E-state index contributed by atoms with van der Waals surface area (Å²) in [5, 5.41) is 7.89. The molecule has 0 aliphatic carbocycles. The predicted octanol–water partition coefficient (Wildman–Crippen LogP) is 4.49. The molecule has 0 saturated carbocycles. The summed E-state index contributed by atoms with van der Waals surface area (Å²) >= 11 is 1.50. The summed E-state index contributed by atoms with van der Waals surface area (Å²) < 4.78 is 43.9. The average molecular weight is 419 g/mol. The first kappa shape index (κ1) is 19.4. The summed E-state index contributed by atoms with van der Waals surface area (Å²) in [5.41, 5.74) is 0.555. The molecule has 0 saturated heterocycles. The second-order valence-corrected chi connectivity index (χ2v) is 7.84. The fraction of sp³-hybridized carbons (Fsp3) is 0.211. The van der Waals surface area contributed by atoms with Crippen molar-refractivity contribution in [3.8, 4) is 5.69 Å². The van der Waals surface area contributed by atoms with Crippen LogP contribution in [0, 0.1) is 5.50 Å². The van der Waals surface area contributed by atoms with Gasteiger partial charge in [-0.05, 0) is 41.9 Å². The molecular formula is C19H16F3N5OS+. The van der Waals surface area contributed by atoms with E-state index in [1.54, 1.807) is 29.1 Å². The van der Waals surface area contributed by atoms with E-state index in [2.05, 4.69) is 10.2 Å². The summed E-state index contributed by atoms with van der Waals surface area (Å²) in [6.07, 6.45) is -0.380. The van der Waals surface area contributed by atoms with Gasteiger partial charge in [-0.1, -0.05) is 23.9 Å². The molecule has 149 valence electrons. The number of pyridine rings is 1. The summed E-state index contributed by atoms with van der Waals surface area (Å²) in [4.78, 5) is 12.7. The summed E-state index contributed by atoms with van der Waals surface area (Å²) in [5.74, 6) is 0. The van der Waals surface area contributed by atoms with Gasteiger partial charge in [-0.25, -0.2) is 9.37 Å². The number of thioether (sulfide) groups is 1. The summed E-state index contributed by atoms with van der Waals surface area (Å²) in [7, 11) is 1.84. The molecule has 0 amide bonds. The molecule has 0 spiro atoms. The lowest BCUT2D eigenvalue weighted by atomic mass is 10.1. The van der Waals surface area contributed by atoms with Crippen LogP contribution in [0.1, 0.15) is 23.3 Å². The maximum absolute atomic E-state index is 13.3. The van der Waals surface area contributed by atoms with Gasteiger partial charge in [0.15, 0.2) is 0 Å². The van der Waals surface area contributed by atoms with Crippen LogP contribution >= 0.6 is 11.8 Å². The Kier molecular flexibility index (Phi) is 4.81. The van der Waals surface area contributed by atoms with Gasteiger partial charge in [0.1, 0.15) is 0 Å². The average Bonchev–Trinajstić information content (AvgIpc) is 3.24. The Bertz CT molecular complexity index is 1190. The monoisotopic (exact) mass is 419 g/mol. The van der Waals surface area contributed by atoms with Crippen LogP contribution in [-0.4, -0.2) is 26.9 Å². The third-order valence-corrected chi connectivity index (χ3v) is 5.78. The van der Waals surface area contributed by atoms with Gasteiger partial charge in [0.05, 0.1) is 28.9 Å². The number of azo groups is 1. The lowest BCUT2D eigenvalue weighted by molar-refractivity contribution is -0.454. The minimum atomic E-state index is -4.55. The predicted molar refractivity (Wildman–Crippen MR) is 104 cm³/mol. The van der Waals surface area contributed by atoms with Crippen molar-refractivity contribution < 1.29 is 17.7 Å². The first-order valence-electron chi connectivity index (χ1n) is 8.66. The van der Waals surface area contributed by atoms with Crippen molar-refractivity contribution in [2.24, 2.45) is 10.2 Å². The van der Waals surface area contributed by atoms with E-state index in [9.17, 15) is 18.0 Å². The molecule has 6 nitrogen and oxygen atoms in total. The number of alkyl halides is 3. The number of hydrogen-bond acceptors (Lipinski definition) is 4. The van der Waals surface area contributed by atoms with E-state index < -0.39 is 17.4 Å². The van der Waals surface area contributed by atoms with Gasteiger partial charge >= 0.3 is 23.7 Å². The smallest absolute Gasteiger partial charge is 0.267 e. The number of imidazole rings is 1. The molecule has 0 bridgehead atoms. The van der Waals surface area contributed by atoms with Gasteiger partial charge in [0, 0.05) is 17.6 Å². The highest BCUT2D eigenvalue weighted by Gasteiger charge is 2.33. The second-order valence-electron chi connectivity index (χ2n) is 6.54. The lowest BCUT2D eigenvalue weighted by Gasteiger charge is -2.13. The number of halogens is 3. The third kappa shape index (κ3) is 3.59. The first-order chi connectivity index (χ1) is 13.8. The van der Waals surface area contributed by atoms with Gasteiger partial charge in [0.25, 0.3) is 0 Å². The highest BCUT2D eigenvalue weighted by molar-refractivity contribution is 8.02. The van der Waals surface area contributed by atoms with E-state index in [-0.39, 0.29) is 10.8 Å². The molecule has 3 heterocycles. The van der Waals surface area contributed by atoms with Crippen molar-refractivity contribution in [3.63, 3.8) is 0 Å². The van der Waals surface area contributed by atoms with E-state index >= 15 is 0 Å². The third-order valence-electron chi connectivity index (χ3n) is 4.57. The zero-order valence-electron chi connectivity index (χ0n) is 15.5. The molecule has 1 aliphatic heterocycles. The fourth-order valence-electron chi connectivity index (χ4n) is 3.07. The normalized spacial score (nSPS) is 15.8. The Morgan fingerprint density at radius 3 is 2.69 bits per heavy atom. The van der Waals surface area contributed by atoms with E-state index in [0.29, 0.717) is 5.69 Å². The highest BCUT2D eigenvalue weighted by Crippen LogP contribution is 2.38. The molecule has 2 aromatic heterocycles. The molecule has 1 atom stereocenters. The molecule has 0 fully saturated rings.